The summed E-state index contributed by atoms with van der Waals surface area (Å²) in [5.74, 6) is 0.641. The molecule has 4 rings (SSSR count). The van der Waals surface area contributed by atoms with E-state index in [1.54, 1.807) is 11.8 Å². The molecule has 148 valence electrons. The van der Waals surface area contributed by atoms with Crippen molar-refractivity contribution in [3.05, 3.63) is 28.8 Å². The number of fused-ring (bicyclic) bond motifs is 1. The van der Waals surface area contributed by atoms with Gasteiger partial charge in [0.2, 0.25) is 0 Å². The van der Waals surface area contributed by atoms with Gasteiger partial charge in [-0.1, -0.05) is 25.4 Å². The van der Waals surface area contributed by atoms with Crippen LogP contribution in [-0.4, -0.2) is 67.9 Å². The Morgan fingerprint density at radius 1 is 1.33 bits per heavy atom. The van der Waals surface area contributed by atoms with Crippen molar-refractivity contribution in [1.29, 1.82) is 0 Å². The molecule has 1 aromatic carbocycles. The zero-order chi connectivity index (χ0) is 19.2. The highest BCUT2D eigenvalue weighted by molar-refractivity contribution is 7.98. The molecular weight excluding hydrogens is 380 g/mol. The first-order valence-corrected chi connectivity index (χ1v) is 11.4. The number of hydrogen-bond donors (Lipinski definition) is 0. The van der Waals surface area contributed by atoms with E-state index in [0.29, 0.717) is 21.9 Å². The van der Waals surface area contributed by atoms with Crippen LogP contribution in [0.4, 0.5) is 0 Å². The van der Waals surface area contributed by atoms with E-state index >= 15 is 0 Å². The molecule has 2 saturated heterocycles. The Kier molecular flexibility index (Phi) is 5.25. The van der Waals surface area contributed by atoms with Gasteiger partial charge >= 0.3 is 0 Å². The Morgan fingerprint density at radius 3 is 2.74 bits per heavy atom. The van der Waals surface area contributed by atoms with Crippen molar-refractivity contribution in [2.24, 2.45) is 16.7 Å². The van der Waals surface area contributed by atoms with E-state index in [1.807, 2.05) is 24.5 Å². The maximum absolute atomic E-state index is 13.3. The van der Waals surface area contributed by atoms with Crippen LogP contribution in [0.5, 0.6) is 0 Å². The third-order valence-electron chi connectivity index (χ3n) is 6.73. The van der Waals surface area contributed by atoms with Crippen LogP contribution in [0.25, 0.3) is 0 Å². The second-order valence-corrected chi connectivity index (χ2v) is 10.3. The molecule has 0 unspecified atom stereocenters. The van der Waals surface area contributed by atoms with E-state index in [-0.39, 0.29) is 11.3 Å². The molecule has 6 heteroatoms. The number of halogens is 1. The second kappa shape index (κ2) is 7.25. The Balaban J connectivity index is 1.54. The van der Waals surface area contributed by atoms with Crippen molar-refractivity contribution in [3.63, 3.8) is 0 Å². The van der Waals surface area contributed by atoms with E-state index < -0.39 is 0 Å². The van der Waals surface area contributed by atoms with E-state index in [0.717, 1.165) is 50.8 Å². The molecule has 4 nitrogen and oxygen atoms in total. The van der Waals surface area contributed by atoms with Gasteiger partial charge < -0.3 is 9.64 Å². The minimum atomic E-state index is 0.0856. The van der Waals surface area contributed by atoms with Gasteiger partial charge in [-0.05, 0) is 42.2 Å². The third kappa shape index (κ3) is 3.52. The fourth-order valence-corrected chi connectivity index (χ4v) is 6.30. The predicted octanol–water partition coefficient (Wildman–Crippen LogP) is 3.88. The summed E-state index contributed by atoms with van der Waals surface area (Å²) < 4.78 is 5.51. The number of nitrogens with zero attached hydrogens (tertiary/aromatic N) is 2. The lowest BCUT2D eigenvalue weighted by Gasteiger charge is -2.58. The molecule has 27 heavy (non-hydrogen) atoms. The maximum Gasteiger partial charge on any atom is 0.255 e. The fourth-order valence-electron chi connectivity index (χ4n) is 5.66. The summed E-state index contributed by atoms with van der Waals surface area (Å²) in [5, 5.41) is 0.554. The number of morpholine rings is 1. The van der Waals surface area contributed by atoms with Crippen LogP contribution in [0.15, 0.2) is 23.1 Å². The van der Waals surface area contributed by atoms with Gasteiger partial charge in [-0.2, -0.15) is 0 Å². The van der Waals surface area contributed by atoms with Gasteiger partial charge in [0.15, 0.2) is 0 Å². The number of benzene rings is 1. The highest BCUT2D eigenvalue weighted by Crippen LogP contribution is 2.63. The van der Waals surface area contributed by atoms with Crippen molar-refractivity contribution >= 4 is 29.3 Å². The largest absolute Gasteiger partial charge is 0.379 e. The van der Waals surface area contributed by atoms with Gasteiger partial charge in [-0.25, -0.2) is 0 Å². The third-order valence-corrected chi connectivity index (χ3v) is 7.79. The Labute approximate surface area is 171 Å². The number of hydrogen-bond acceptors (Lipinski definition) is 4. The molecule has 0 spiro atoms. The lowest BCUT2D eigenvalue weighted by molar-refractivity contribution is -0.0966. The molecule has 2 atom stereocenters. The lowest BCUT2D eigenvalue weighted by atomic mass is 9.48. The Morgan fingerprint density at radius 2 is 2.07 bits per heavy atom. The van der Waals surface area contributed by atoms with Gasteiger partial charge in [-0.3, -0.25) is 9.69 Å². The molecule has 0 aromatic heterocycles. The summed E-state index contributed by atoms with van der Waals surface area (Å²) in [6.45, 7) is 11.1. The van der Waals surface area contributed by atoms with Crippen LogP contribution in [0, 0.1) is 16.7 Å². The maximum atomic E-state index is 13.3. The summed E-state index contributed by atoms with van der Waals surface area (Å²) in [4.78, 5) is 19.0. The standard InChI is InChI=1S/C21H29ClN2O2S/c1-20(2)12-21(13-23-6-8-26-9-7-23)14-24(11-18(20)21)19(25)16-10-15(27-3)4-5-17(16)22/h4-5,10,18H,6-9,11-14H2,1-3H3/t18-,21+/m1/s1. The van der Waals surface area contributed by atoms with Crippen molar-refractivity contribution < 1.29 is 9.53 Å². The summed E-state index contributed by atoms with van der Waals surface area (Å²) in [6.07, 6.45) is 3.21. The molecule has 1 aliphatic carbocycles. The summed E-state index contributed by atoms with van der Waals surface area (Å²) in [6, 6.07) is 5.76. The smallest absolute Gasteiger partial charge is 0.255 e. The second-order valence-electron chi connectivity index (χ2n) is 9.00. The van der Waals surface area contributed by atoms with Crippen molar-refractivity contribution in [1.82, 2.24) is 9.80 Å². The van der Waals surface area contributed by atoms with Crippen LogP contribution < -0.4 is 0 Å². The first-order chi connectivity index (χ1) is 12.8. The van der Waals surface area contributed by atoms with Crippen LogP contribution in [0.3, 0.4) is 0 Å². The van der Waals surface area contributed by atoms with Gasteiger partial charge in [-0.15, -0.1) is 11.8 Å². The van der Waals surface area contributed by atoms with Gasteiger partial charge in [0.05, 0.1) is 23.8 Å². The molecule has 3 aliphatic rings. The molecule has 0 radical (unpaired) electrons. The normalized spacial score (nSPS) is 30.1. The molecule has 1 saturated carbocycles. The first-order valence-electron chi connectivity index (χ1n) is 9.78. The zero-order valence-electron chi connectivity index (χ0n) is 16.5. The molecule has 1 aromatic rings. The monoisotopic (exact) mass is 408 g/mol. The van der Waals surface area contributed by atoms with E-state index in [4.69, 9.17) is 16.3 Å². The highest BCUT2D eigenvalue weighted by Gasteiger charge is 2.63. The summed E-state index contributed by atoms with van der Waals surface area (Å²) in [7, 11) is 0. The van der Waals surface area contributed by atoms with Crippen LogP contribution in [-0.2, 0) is 4.74 Å². The first kappa shape index (κ1) is 19.6. The molecular formula is C21H29ClN2O2S. The number of rotatable bonds is 4. The lowest BCUT2D eigenvalue weighted by Crippen LogP contribution is -2.59. The molecule has 3 fully saturated rings. The highest BCUT2D eigenvalue weighted by atomic mass is 35.5. The van der Waals surface area contributed by atoms with Crippen LogP contribution in [0.1, 0.15) is 30.6 Å². The zero-order valence-corrected chi connectivity index (χ0v) is 18.0. The van der Waals surface area contributed by atoms with E-state index in [2.05, 4.69) is 23.6 Å². The van der Waals surface area contributed by atoms with E-state index in [1.165, 1.54) is 6.42 Å². The Hall–Kier alpha value is -0.750. The van der Waals surface area contributed by atoms with Gasteiger partial charge in [0.1, 0.15) is 0 Å². The molecule has 0 N–H and O–H groups in total. The van der Waals surface area contributed by atoms with Crippen molar-refractivity contribution in [2.75, 3.05) is 52.2 Å². The van der Waals surface area contributed by atoms with Gasteiger partial charge in [0.25, 0.3) is 5.91 Å². The minimum Gasteiger partial charge on any atom is -0.379 e. The van der Waals surface area contributed by atoms with Crippen LogP contribution in [0.2, 0.25) is 5.02 Å². The van der Waals surface area contributed by atoms with Crippen molar-refractivity contribution in [2.45, 2.75) is 25.2 Å². The van der Waals surface area contributed by atoms with E-state index in [9.17, 15) is 4.79 Å². The molecule has 0 bridgehead atoms. The Bertz CT molecular complexity index is 735. The minimum absolute atomic E-state index is 0.0856. The molecule has 1 amide bonds. The summed E-state index contributed by atoms with van der Waals surface area (Å²) >= 11 is 8.02. The predicted molar refractivity (Wildman–Crippen MR) is 111 cm³/mol. The topological polar surface area (TPSA) is 32.8 Å². The number of amides is 1. The van der Waals surface area contributed by atoms with Crippen LogP contribution >= 0.6 is 23.4 Å². The quantitative estimate of drug-likeness (QED) is 0.708. The number of carbonyl (C=O) groups excluding carboxylic acids is 1. The number of carbonyl (C=O) groups is 1. The summed E-state index contributed by atoms with van der Waals surface area (Å²) in [5.41, 5.74) is 1.16. The molecule has 2 heterocycles. The van der Waals surface area contributed by atoms with Crippen molar-refractivity contribution in [3.8, 4) is 0 Å². The fraction of sp³-hybridized carbons (Fsp3) is 0.667. The van der Waals surface area contributed by atoms with Gasteiger partial charge in [0, 0.05) is 43.0 Å². The average Bonchev–Trinajstić information content (AvgIpc) is 2.97. The number of likely N-dealkylation sites (tertiary alicyclic amines) is 1. The average molecular weight is 409 g/mol. The number of thioether (sulfide) groups is 1. The molecule has 2 aliphatic heterocycles. The number of ether oxygens (including phenoxy) is 1. The SMILES string of the molecule is CSc1ccc(Cl)c(C(=O)N2C[C@@H]3C(C)(C)C[C@]3(CN3CCOCC3)C2)c1.